The van der Waals surface area contributed by atoms with E-state index in [2.05, 4.69) is 17.2 Å². The Morgan fingerprint density at radius 1 is 1.45 bits per heavy atom. The Morgan fingerprint density at radius 2 is 2.15 bits per heavy atom. The molecule has 1 saturated heterocycles. The standard InChI is InChI=1S/C15H22ClN3O/c1-3-11-5-7-19(8-6-11)15(20)12-9-13(16)14(17-4-2)18-10-12/h9-11H,3-8H2,1-2H3,(H,17,18). The number of likely N-dealkylation sites (tertiary alicyclic amines) is 1. The zero-order chi connectivity index (χ0) is 14.5. The Kier molecular flexibility index (Phi) is 5.24. The van der Waals surface area contributed by atoms with Crippen LogP contribution in [-0.2, 0) is 0 Å². The summed E-state index contributed by atoms with van der Waals surface area (Å²) in [5.41, 5.74) is 0.576. The van der Waals surface area contributed by atoms with Crippen molar-refractivity contribution >= 4 is 23.3 Å². The third-order valence-corrected chi connectivity index (χ3v) is 4.20. The first-order valence-corrected chi connectivity index (χ1v) is 7.72. The van der Waals surface area contributed by atoms with Crippen LogP contribution in [0.5, 0.6) is 0 Å². The van der Waals surface area contributed by atoms with E-state index in [1.165, 1.54) is 6.42 Å². The average Bonchev–Trinajstić information content (AvgIpc) is 2.49. The second kappa shape index (κ2) is 6.93. The Morgan fingerprint density at radius 3 is 2.70 bits per heavy atom. The highest BCUT2D eigenvalue weighted by Crippen LogP contribution is 2.24. The largest absolute Gasteiger partial charge is 0.369 e. The van der Waals surface area contributed by atoms with E-state index in [4.69, 9.17) is 11.6 Å². The van der Waals surface area contributed by atoms with Crippen molar-refractivity contribution in [1.82, 2.24) is 9.88 Å². The number of hydrogen-bond acceptors (Lipinski definition) is 3. The maximum absolute atomic E-state index is 12.4. The van der Waals surface area contributed by atoms with Crippen molar-refractivity contribution in [3.63, 3.8) is 0 Å². The minimum Gasteiger partial charge on any atom is -0.369 e. The van der Waals surface area contributed by atoms with Crippen molar-refractivity contribution in [2.45, 2.75) is 33.1 Å². The molecule has 0 unspecified atom stereocenters. The number of anilines is 1. The maximum Gasteiger partial charge on any atom is 0.255 e. The van der Waals surface area contributed by atoms with Gasteiger partial charge in [0.2, 0.25) is 0 Å². The predicted molar refractivity (Wildman–Crippen MR) is 82.3 cm³/mol. The monoisotopic (exact) mass is 295 g/mol. The number of nitrogens with zero attached hydrogens (tertiary/aromatic N) is 2. The molecule has 1 aliphatic heterocycles. The molecule has 0 aromatic carbocycles. The SMILES string of the molecule is CCNc1ncc(C(=O)N2CCC(CC)CC2)cc1Cl. The molecule has 20 heavy (non-hydrogen) atoms. The van der Waals surface area contributed by atoms with E-state index in [9.17, 15) is 4.79 Å². The fourth-order valence-electron chi connectivity index (χ4n) is 2.58. The van der Waals surface area contributed by atoms with Crippen LogP contribution in [0.3, 0.4) is 0 Å². The molecule has 5 heteroatoms. The van der Waals surface area contributed by atoms with E-state index in [1.54, 1.807) is 12.3 Å². The van der Waals surface area contributed by atoms with E-state index in [0.29, 0.717) is 16.4 Å². The summed E-state index contributed by atoms with van der Waals surface area (Å²) >= 11 is 6.14. The van der Waals surface area contributed by atoms with Crippen molar-refractivity contribution in [2.24, 2.45) is 5.92 Å². The lowest BCUT2D eigenvalue weighted by Crippen LogP contribution is -2.38. The van der Waals surface area contributed by atoms with Gasteiger partial charge in [-0.05, 0) is 31.7 Å². The molecule has 1 N–H and O–H groups in total. The first-order chi connectivity index (χ1) is 9.65. The summed E-state index contributed by atoms with van der Waals surface area (Å²) in [5.74, 6) is 1.43. The van der Waals surface area contributed by atoms with E-state index in [-0.39, 0.29) is 5.91 Å². The van der Waals surface area contributed by atoms with Crippen LogP contribution in [0.1, 0.15) is 43.5 Å². The summed E-state index contributed by atoms with van der Waals surface area (Å²) in [6.45, 7) is 6.62. The Labute approximate surface area is 125 Å². The number of aromatic nitrogens is 1. The average molecular weight is 296 g/mol. The number of amides is 1. The van der Waals surface area contributed by atoms with Crippen molar-refractivity contribution < 1.29 is 4.79 Å². The van der Waals surface area contributed by atoms with Crippen LogP contribution < -0.4 is 5.32 Å². The summed E-state index contributed by atoms with van der Waals surface area (Å²) in [4.78, 5) is 18.6. The summed E-state index contributed by atoms with van der Waals surface area (Å²) < 4.78 is 0. The fourth-order valence-corrected chi connectivity index (χ4v) is 2.81. The predicted octanol–water partition coefficient (Wildman–Crippen LogP) is 3.43. The molecular formula is C15H22ClN3O. The highest BCUT2D eigenvalue weighted by molar-refractivity contribution is 6.33. The molecule has 2 heterocycles. The molecule has 1 fully saturated rings. The highest BCUT2D eigenvalue weighted by atomic mass is 35.5. The molecule has 1 aromatic rings. The van der Waals surface area contributed by atoms with Gasteiger partial charge in [-0.3, -0.25) is 4.79 Å². The van der Waals surface area contributed by atoms with Gasteiger partial charge in [0.15, 0.2) is 0 Å². The molecule has 0 atom stereocenters. The molecule has 1 aromatic heterocycles. The molecule has 0 saturated carbocycles. The summed E-state index contributed by atoms with van der Waals surface area (Å²) in [6, 6.07) is 1.71. The van der Waals surface area contributed by atoms with E-state index < -0.39 is 0 Å². The number of carbonyl (C=O) groups excluding carboxylic acids is 1. The van der Waals surface area contributed by atoms with Crippen LogP contribution in [0.4, 0.5) is 5.82 Å². The minimum atomic E-state index is 0.0389. The molecular weight excluding hydrogens is 274 g/mol. The lowest BCUT2D eigenvalue weighted by atomic mass is 9.94. The minimum absolute atomic E-state index is 0.0389. The van der Waals surface area contributed by atoms with E-state index in [0.717, 1.165) is 38.4 Å². The number of pyridine rings is 1. The lowest BCUT2D eigenvalue weighted by Gasteiger charge is -2.31. The van der Waals surface area contributed by atoms with Crippen LogP contribution >= 0.6 is 11.6 Å². The van der Waals surface area contributed by atoms with Crippen molar-refractivity contribution in [2.75, 3.05) is 25.0 Å². The third kappa shape index (κ3) is 3.42. The highest BCUT2D eigenvalue weighted by Gasteiger charge is 2.23. The van der Waals surface area contributed by atoms with Crippen molar-refractivity contribution in [3.05, 3.63) is 22.8 Å². The summed E-state index contributed by atoms with van der Waals surface area (Å²) in [7, 11) is 0. The lowest BCUT2D eigenvalue weighted by molar-refractivity contribution is 0.0688. The van der Waals surface area contributed by atoms with Gasteiger partial charge in [-0.2, -0.15) is 0 Å². The van der Waals surface area contributed by atoms with Gasteiger partial charge >= 0.3 is 0 Å². The molecule has 1 amide bonds. The second-order valence-electron chi connectivity index (χ2n) is 5.23. The van der Waals surface area contributed by atoms with Crippen LogP contribution in [0.2, 0.25) is 5.02 Å². The second-order valence-corrected chi connectivity index (χ2v) is 5.64. The van der Waals surface area contributed by atoms with Gasteiger partial charge in [0.25, 0.3) is 5.91 Å². The summed E-state index contributed by atoms with van der Waals surface area (Å²) in [5, 5.41) is 3.57. The van der Waals surface area contributed by atoms with Gasteiger partial charge in [-0.25, -0.2) is 4.98 Å². The van der Waals surface area contributed by atoms with Gasteiger partial charge in [0, 0.05) is 25.8 Å². The van der Waals surface area contributed by atoms with Gasteiger partial charge < -0.3 is 10.2 Å². The zero-order valence-electron chi connectivity index (χ0n) is 12.2. The molecule has 0 aliphatic carbocycles. The normalized spacial score (nSPS) is 16.2. The first kappa shape index (κ1) is 15.1. The molecule has 0 radical (unpaired) electrons. The van der Waals surface area contributed by atoms with E-state index >= 15 is 0 Å². The van der Waals surface area contributed by atoms with Gasteiger partial charge in [0.1, 0.15) is 5.82 Å². The van der Waals surface area contributed by atoms with Crippen LogP contribution in [0.15, 0.2) is 12.3 Å². The number of carbonyl (C=O) groups is 1. The topological polar surface area (TPSA) is 45.2 Å². The molecule has 1 aliphatic rings. The van der Waals surface area contributed by atoms with Crippen molar-refractivity contribution in [3.8, 4) is 0 Å². The Hall–Kier alpha value is -1.29. The third-order valence-electron chi connectivity index (χ3n) is 3.91. The number of hydrogen-bond donors (Lipinski definition) is 1. The summed E-state index contributed by atoms with van der Waals surface area (Å²) in [6.07, 6.45) is 5.00. The Balaban J connectivity index is 2.04. The molecule has 0 spiro atoms. The number of piperidine rings is 1. The van der Waals surface area contributed by atoms with Crippen LogP contribution in [0.25, 0.3) is 0 Å². The molecule has 110 valence electrons. The number of rotatable bonds is 4. The quantitative estimate of drug-likeness (QED) is 0.925. The molecule has 0 bridgehead atoms. The van der Waals surface area contributed by atoms with E-state index in [1.807, 2.05) is 11.8 Å². The molecule has 4 nitrogen and oxygen atoms in total. The zero-order valence-corrected chi connectivity index (χ0v) is 12.9. The van der Waals surface area contributed by atoms with Gasteiger partial charge in [-0.15, -0.1) is 0 Å². The van der Waals surface area contributed by atoms with Gasteiger partial charge in [-0.1, -0.05) is 24.9 Å². The van der Waals surface area contributed by atoms with Crippen LogP contribution in [0, 0.1) is 5.92 Å². The Bertz CT molecular complexity index is 470. The van der Waals surface area contributed by atoms with Crippen molar-refractivity contribution in [1.29, 1.82) is 0 Å². The van der Waals surface area contributed by atoms with Gasteiger partial charge in [0.05, 0.1) is 10.6 Å². The first-order valence-electron chi connectivity index (χ1n) is 7.34. The molecule has 2 rings (SSSR count). The number of nitrogens with one attached hydrogen (secondary N) is 1. The smallest absolute Gasteiger partial charge is 0.255 e. The number of halogens is 1. The fraction of sp³-hybridized carbons (Fsp3) is 0.600. The maximum atomic E-state index is 12.4. The van der Waals surface area contributed by atoms with Crippen LogP contribution in [-0.4, -0.2) is 35.4 Å².